The molecule has 1 amide bonds. The van der Waals surface area contributed by atoms with E-state index in [4.69, 9.17) is 14.2 Å². The molecule has 0 fully saturated rings. The maximum atomic E-state index is 11.8. The maximum Gasteiger partial charge on any atom is 0.513 e. The Bertz CT molecular complexity index is 660. The molecule has 1 aromatic carbocycles. The van der Waals surface area contributed by atoms with Crippen molar-refractivity contribution < 1.29 is 33.7 Å². The van der Waals surface area contributed by atoms with E-state index in [0.29, 0.717) is 6.61 Å². The number of unbranched alkanes of at least 4 members (excludes halogenated alkanes) is 6. The summed E-state index contributed by atoms with van der Waals surface area (Å²) in [5.41, 5.74) is -0.0464. The monoisotopic (exact) mass is 409 g/mol. The number of carbonyl (C=O) groups is 3. The molecule has 0 aliphatic heterocycles. The zero-order valence-corrected chi connectivity index (χ0v) is 17.2. The summed E-state index contributed by atoms with van der Waals surface area (Å²) in [6.45, 7) is 4.68. The molecule has 0 radical (unpaired) electrons. The number of nitrogens with one attached hydrogen (secondary N) is 1. The SMILES string of the molecule is CCCCCCOC(=O)Nc1ccc(OC(=O)OCCCCCC)c(C(=O)O)c1. The third-order valence-electron chi connectivity index (χ3n) is 4.10. The quantitative estimate of drug-likeness (QED) is 0.247. The van der Waals surface area contributed by atoms with E-state index in [9.17, 15) is 19.5 Å². The van der Waals surface area contributed by atoms with Gasteiger partial charge in [-0.25, -0.2) is 14.4 Å². The summed E-state index contributed by atoms with van der Waals surface area (Å²) in [5, 5.41) is 11.8. The van der Waals surface area contributed by atoms with Crippen LogP contribution in [0.25, 0.3) is 0 Å². The number of rotatable bonds is 13. The number of hydrogen-bond donors (Lipinski definition) is 2. The molecule has 29 heavy (non-hydrogen) atoms. The smallest absolute Gasteiger partial charge is 0.478 e. The lowest BCUT2D eigenvalue weighted by Gasteiger charge is -2.11. The highest BCUT2D eigenvalue weighted by molar-refractivity contribution is 5.94. The van der Waals surface area contributed by atoms with Crippen molar-refractivity contribution in [2.24, 2.45) is 0 Å². The van der Waals surface area contributed by atoms with Crippen LogP contribution in [-0.4, -0.2) is 36.5 Å². The molecule has 0 heterocycles. The summed E-state index contributed by atoms with van der Waals surface area (Å²) in [6, 6.07) is 3.91. The van der Waals surface area contributed by atoms with Crippen LogP contribution < -0.4 is 10.1 Å². The van der Waals surface area contributed by atoms with Crippen molar-refractivity contribution in [3.05, 3.63) is 23.8 Å². The average Bonchev–Trinajstić information content (AvgIpc) is 2.68. The van der Waals surface area contributed by atoms with Crippen molar-refractivity contribution in [2.75, 3.05) is 18.5 Å². The summed E-state index contributed by atoms with van der Waals surface area (Å²) >= 11 is 0. The van der Waals surface area contributed by atoms with Crippen LogP contribution >= 0.6 is 0 Å². The number of benzene rings is 1. The van der Waals surface area contributed by atoms with E-state index in [1.807, 2.05) is 0 Å². The third-order valence-corrected chi connectivity index (χ3v) is 4.10. The largest absolute Gasteiger partial charge is 0.513 e. The van der Waals surface area contributed by atoms with Gasteiger partial charge in [-0.3, -0.25) is 5.32 Å². The Morgan fingerprint density at radius 3 is 2.10 bits per heavy atom. The molecule has 0 bridgehead atoms. The van der Waals surface area contributed by atoms with Crippen LogP contribution in [0.3, 0.4) is 0 Å². The van der Waals surface area contributed by atoms with Gasteiger partial charge in [-0.1, -0.05) is 52.4 Å². The zero-order valence-electron chi connectivity index (χ0n) is 17.2. The highest BCUT2D eigenvalue weighted by Gasteiger charge is 2.17. The number of ether oxygens (including phenoxy) is 3. The van der Waals surface area contributed by atoms with Crippen molar-refractivity contribution in [3.8, 4) is 5.75 Å². The van der Waals surface area contributed by atoms with Crippen LogP contribution in [0.5, 0.6) is 5.75 Å². The standard InChI is InChI=1S/C21H31NO7/c1-3-5-7-9-13-27-20(25)22-16-11-12-18(17(15-16)19(23)24)29-21(26)28-14-10-8-6-4-2/h11-12,15H,3-10,13-14H2,1-2H3,(H,22,25)(H,23,24). The predicted octanol–water partition coefficient (Wildman–Crippen LogP) is 5.61. The number of hydrogen-bond acceptors (Lipinski definition) is 6. The fourth-order valence-corrected chi connectivity index (χ4v) is 2.52. The molecular formula is C21H31NO7. The van der Waals surface area contributed by atoms with E-state index in [2.05, 4.69) is 19.2 Å². The van der Waals surface area contributed by atoms with Crippen LogP contribution in [0.15, 0.2) is 18.2 Å². The second kappa shape index (κ2) is 14.3. The molecular weight excluding hydrogens is 378 g/mol. The van der Waals surface area contributed by atoms with E-state index in [0.717, 1.165) is 51.4 Å². The normalized spacial score (nSPS) is 10.3. The number of aromatic carboxylic acids is 1. The molecule has 8 heteroatoms. The molecule has 2 N–H and O–H groups in total. The summed E-state index contributed by atoms with van der Waals surface area (Å²) < 4.78 is 15.0. The first-order valence-electron chi connectivity index (χ1n) is 10.1. The van der Waals surface area contributed by atoms with Gasteiger partial charge in [0.2, 0.25) is 0 Å². The van der Waals surface area contributed by atoms with E-state index in [1.54, 1.807) is 0 Å². The number of carbonyl (C=O) groups excluding carboxylic acids is 2. The van der Waals surface area contributed by atoms with E-state index >= 15 is 0 Å². The van der Waals surface area contributed by atoms with Crippen molar-refractivity contribution in [3.63, 3.8) is 0 Å². The van der Waals surface area contributed by atoms with Gasteiger partial charge in [0.05, 0.1) is 13.2 Å². The lowest BCUT2D eigenvalue weighted by atomic mass is 10.2. The maximum absolute atomic E-state index is 11.8. The molecule has 0 aliphatic rings. The summed E-state index contributed by atoms with van der Waals surface area (Å²) in [5.74, 6) is -1.46. The third kappa shape index (κ3) is 10.4. The first kappa shape index (κ1) is 24.3. The molecule has 1 aromatic rings. The highest BCUT2D eigenvalue weighted by Crippen LogP contribution is 2.24. The van der Waals surface area contributed by atoms with Crippen molar-refractivity contribution in [2.45, 2.75) is 65.2 Å². The molecule has 0 atom stereocenters. The Balaban J connectivity index is 2.56. The van der Waals surface area contributed by atoms with Gasteiger partial charge < -0.3 is 19.3 Å². The lowest BCUT2D eigenvalue weighted by molar-refractivity contribution is 0.0689. The molecule has 0 saturated heterocycles. The van der Waals surface area contributed by atoms with E-state index in [-0.39, 0.29) is 23.6 Å². The summed E-state index contributed by atoms with van der Waals surface area (Å²) in [6.07, 6.45) is 6.07. The van der Waals surface area contributed by atoms with Gasteiger partial charge >= 0.3 is 18.2 Å². The highest BCUT2D eigenvalue weighted by atomic mass is 16.7. The number of amides is 1. The topological polar surface area (TPSA) is 111 Å². The van der Waals surface area contributed by atoms with E-state index < -0.39 is 18.2 Å². The minimum absolute atomic E-state index is 0.158. The van der Waals surface area contributed by atoms with Crippen molar-refractivity contribution in [1.29, 1.82) is 0 Å². The minimum atomic E-state index is -1.30. The summed E-state index contributed by atoms with van der Waals surface area (Å²) in [7, 11) is 0. The first-order chi connectivity index (χ1) is 14.0. The molecule has 162 valence electrons. The van der Waals surface area contributed by atoms with Gasteiger partial charge in [-0.05, 0) is 31.0 Å². The molecule has 0 spiro atoms. The van der Waals surface area contributed by atoms with Crippen LogP contribution in [0, 0.1) is 0 Å². The van der Waals surface area contributed by atoms with Gasteiger partial charge in [-0.15, -0.1) is 0 Å². The second-order valence-electron chi connectivity index (χ2n) is 6.60. The van der Waals surface area contributed by atoms with E-state index in [1.165, 1.54) is 18.2 Å². The molecule has 0 unspecified atom stereocenters. The Morgan fingerprint density at radius 2 is 1.52 bits per heavy atom. The molecule has 0 saturated carbocycles. The lowest BCUT2D eigenvalue weighted by Crippen LogP contribution is -2.16. The number of carboxylic acid groups (broad SMARTS) is 1. The average molecular weight is 409 g/mol. The first-order valence-corrected chi connectivity index (χ1v) is 10.1. The van der Waals surface area contributed by atoms with Crippen LogP contribution in [0.2, 0.25) is 0 Å². The second-order valence-corrected chi connectivity index (χ2v) is 6.60. The Hall–Kier alpha value is -2.77. The molecule has 8 nitrogen and oxygen atoms in total. The van der Waals surface area contributed by atoms with Crippen LogP contribution in [0.1, 0.15) is 75.6 Å². The van der Waals surface area contributed by atoms with Crippen LogP contribution in [0.4, 0.5) is 15.3 Å². The zero-order chi connectivity index (χ0) is 21.5. The van der Waals surface area contributed by atoms with Gasteiger partial charge in [-0.2, -0.15) is 0 Å². The number of anilines is 1. The fraction of sp³-hybridized carbons (Fsp3) is 0.571. The Labute approximate surface area is 171 Å². The molecule has 0 aliphatic carbocycles. The van der Waals surface area contributed by atoms with Gasteiger partial charge in [0, 0.05) is 5.69 Å². The van der Waals surface area contributed by atoms with Crippen LogP contribution in [-0.2, 0) is 9.47 Å². The number of carboxylic acids is 1. The molecule has 1 rings (SSSR count). The Morgan fingerprint density at radius 1 is 0.897 bits per heavy atom. The minimum Gasteiger partial charge on any atom is -0.478 e. The van der Waals surface area contributed by atoms with Gasteiger partial charge in [0.15, 0.2) is 0 Å². The van der Waals surface area contributed by atoms with Gasteiger partial charge in [0.25, 0.3) is 0 Å². The van der Waals surface area contributed by atoms with Crippen molar-refractivity contribution in [1.82, 2.24) is 0 Å². The Kier molecular flexibility index (Phi) is 11.9. The van der Waals surface area contributed by atoms with Gasteiger partial charge in [0.1, 0.15) is 11.3 Å². The predicted molar refractivity (Wildman–Crippen MR) is 109 cm³/mol. The fourth-order valence-electron chi connectivity index (χ4n) is 2.52. The molecule has 0 aromatic heterocycles. The van der Waals surface area contributed by atoms with Crippen molar-refractivity contribution >= 4 is 23.9 Å². The summed E-state index contributed by atoms with van der Waals surface area (Å²) in [4.78, 5) is 35.0.